The van der Waals surface area contributed by atoms with Crippen molar-refractivity contribution in [2.45, 2.75) is 32.2 Å². The Morgan fingerprint density at radius 1 is 0.943 bits per heavy atom. The molecule has 0 spiro atoms. The lowest BCUT2D eigenvalue weighted by molar-refractivity contribution is -0.132. The van der Waals surface area contributed by atoms with Crippen molar-refractivity contribution in [3.8, 4) is 5.75 Å². The van der Waals surface area contributed by atoms with Gasteiger partial charge in [-0.1, -0.05) is 74.3 Å². The number of hydrogen-bond acceptors (Lipinski definition) is 4. The number of carbonyl (C=O) groups excluding carboxylic acids is 2. The monoisotopic (exact) mass is 509 g/mol. The number of benzene rings is 3. The molecule has 0 bridgehead atoms. The summed E-state index contributed by atoms with van der Waals surface area (Å²) in [5.74, 6) is -1.40. The van der Waals surface area contributed by atoms with Crippen LogP contribution in [-0.4, -0.2) is 23.9 Å². The molecule has 0 saturated carbocycles. The maximum Gasteiger partial charge on any atom is 0.300 e. The zero-order valence-corrected chi connectivity index (χ0v) is 21.3. The van der Waals surface area contributed by atoms with Crippen LogP contribution in [-0.2, 0) is 15.0 Å². The Kier molecular flexibility index (Phi) is 6.67. The molecule has 0 aromatic heterocycles. The first-order chi connectivity index (χ1) is 16.5. The number of halogens is 2. The summed E-state index contributed by atoms with van der Waals surface area (Å²) in [4.78, 5) is 28.1. The molecule has 3 aromatic rings. The molecule has 1 unspecified atom stereocenters. The second-order valence-corrected chi connectivity index (χ2v) is 10.2. The van der Waals surface area contributed by atoms with Crippen molar-refractivity contribution in [1.29, 1.82) is 0 Å². The van der Waals surface area contributed by atoms with Crippen LogP contribution in [0.3, 0.4) is 0 Å². The third-order valence-corrected chi connectivity index (χ3v) is 6.82. The Bertz CT molecular complexity index is 1340. The number of nitrogens with zero attached hydrogens (tertiary/aromatic N) is 1. The zero-order valence-electron chi connectivity index (χ0n) is 19.8. The summed E-state index contributed by atoms with van der Waals surface area (Å²) in [6.07, 6.45) is 0. The molecule has 1 fully saturated rings. The number of ether oxygens (including phenoxy) is 1. The number of methoxy groups -OCH3 is 1. The number of hydrogen-bond donors (Lipinski definition) is 1. The summed E-state index contributed by atoms with van der Waals surface area (Å²) in [5, 5.41) is 11.8. The van der Waals surface area contributed by atoms with Gasteiger partial charge in [-0.05, 0) is 47.4 Å². The second kappa shape index (κ2) is 9.40. The van der Waals surface area contributed by atoms with Gasteiger partial charge in [0.25, 0.3) is 11.7 Å². The van der Waals surface area contributed by atoms with Crippen molar-refractivity contribution >= 4 is 46.3 Å². The summed E-state index contributed by atoms with van der Waals surface area (Å²) < 4.78 is 5.55. The molecule has 1 heterocycles. The summed E-state index contributed by atoms with van der Waals surface area (Å²) in [7, 11) is 1.52. The van der Waals surface area contributed by atoms with E-state index < -0.39 is 17.7 Å². The topological polar surface area (TPSA) is 66.8 Å². The van der Waals surface area contributed by atoms with Gasteiger partial charge in [-0.25, -0.2) is 0 Å². The summed E-state index contributed by atoms with van der Waals surface area (Å²) in [6.45, 7) is 6.29. The number of rotatable bonds is 4. The Balaban J connectivity index is 1.95. The van der Waals surface area contributed by atoms with Gasteiger partial charge < -0.3 is 9.84 Å². The zero-order chi connectivity index (χ0) is 25.5. The molecular weight excluding hydrogens is 485 g/mol. The first-order valence-electron chi connectivity index (χ1n) is 11.0. The molecule has 1 saturated heterocycles. The van der Waals surface area contributed by atoms with Crippen LogP contribution in [0.25, 0.3) is 5.76 Å². The predicted octanol–water partition coefficient (Wildman–Crippen LogP) is 6.93. The third-order valence-electron chi connectivity index (χ3n) is 6.08. The van der Waals surface area contributed by atoms with Gasteiger partial charge in [0.15, 0.2) is 0 Å². The molecule has 0 aliphatic carbocycles. The normalized spacial score (nSPS) is 17.7. The molecule has 1 aliphatic rings. The second-order valence-electron chi connectivity index (χ2n) is 9.34. The van der Waals surface area contributed by atoms with E-state index in [4.69, 9.17) is 27.9 Å². The fourth-order valence-electron chi connectivity index (χ4n) is 4.21. The van der Waals surface area contributed by atoms with Crippen LogP contribution in [0.5, 0.6) is 5.75 Å². The van der Waals surface area contributed by atoms with Crippen molar-refractivity contribution in [1.82, 2.24) is 0 Å². The molecule has 0 radical (unpaired) electrons. The number of anilines is 1. The molecule has 4 rings (SSSR count). The van der Waals surface area contributed by atoms with Crippen molar-refractivity contribution in [2.24, 2.45) is 0 Å². The lowest BCUT2D eigenvalue weighted by atomic mass is 9.87. The molecule has 5 nitrogen and oxygen atoms in total. The maximum absolute atomic E-state index is 13.4. The lowest BCUT2D eigenvalue weighted by Crippen LogP contribution is -2.29. The van der Waals surface area contributed by atoms with Gasteiger partial charge in [-0.2, -0.15) is 0 Å². The number of carbonyl (C=O) groups is 2. The fraction of sp³-hybridized carbons (Fsp3) is 0.214. The van der Waals surface area contributed by atoms with Crippen LogP contribution < -0.4 is 9.64 Å². The smallest absolute Gasteiger partial charge is 0.300 e. The van der Waals surface area contributed by atoms with Crippen molar-refractivity contribution in [2.75, 3.05) is 12.0 Å². The highest BCUT2D eigenvalue weighted by Crippen LogP contribution is 2.45. The van der Waals surface area contributed by atoms with Crippen LogP contribution in [0, 0.1) is 0 Å². The minimum atomic E-state index is -0.916. The Morgan fingerprint density at radius 3 is 2.20 bits per heavy atom. The third kappa shape index (κ3) is 4.54. The van der Waals surface area contributed by atoms with Gasteiger partial charge in [0.2, 0.25) is 0 Å². The van der Waals surface area contributed by atoms with Gasteiger partial charge >= 0.3 is 0 Å². The first-order valence-corrected chi connectivity index (χ1v) is 11.8. The van der Waals surface area contributed by atoms with E-state index >= 15 is 0 Å². The average Bonchev–Trinajstić information content (AvgIpc) is 3.10. The van der Waals surface area contributed by atoms with Crippen molar-refractivity contribution < 1.29 is 19.4 Å². The molecule has 1 N–H and O–H groups in total. The minimum Gasteiger partial charge on any atom is -0.507 e. The first kappa shape index (κ1) is 24.8. The minimum absolute atomic E-state index is 0.0576. The molecule has 1 amide bonds. The van der Waals surface area contributed by atoms with E-state index in [0.717, 1.165) is 5.56 Å². The Hall–Kier alpha value is -3.28. The number of para-hydroxylation sites is 1. The SMILES string of the molecule is COc1ccccc1C1/C(=C(\O)c2ccc(Cl)c(Cl)c2)C(=O)C(=O)N1c1ccc(C(C)(C)C)cc1. The summed E-state index contributed by atoms with van der Waals surface area (Å²) in [5.41, 5.74) is 2.32. The van der Waals surface area contributed by atoms with Gasteiger partial charge in [0.1, 0.15) is 11.5 Å². The molecular formula is C28H25Cl2NO4. The van der Waals surface area contributed by atoms with E-state index in [0.29, 0.717) is 22.0 Å². The summed E-state index contributed by atoms with van der Waals surface area (Å²) in [6, 6.07) is 18.2. The highest BCUT2D eigenvalue weighted by Gasteiger charge is 2.48. The van der Waals surface area contributed by atoms with E-state index in [1.165, 1.54) is 24.1 Å². The van der Waals surface area contributed by atoms with E-state index in [-0.39, 0.29) is 27.3 Å². The fourth-order valence-corrected chi connectivity index (χ4v) is 4.50. The highest BCUT2D eigenvalue weighted by molar-refractivity contribution is 6.52. The summed E-state index contributed by atoms with van der Waals surface area (Å²) >= 11 is 12.2. The molecule has 3 aromatic carbocycles. The van der Waals surface area contributed by atoms with Crippen LogP contribution in [0.4, 0.5) is 5.69 Å². The maximum atomic E-state index is 13.4. The van der Waals surface area contributed by atoms with E-state index in [1.54, 1.807) is 30.3 Å². The lowest BCUT2D eigenvalue weighted by Gasteiger charge is -2.27. The molecule has 180 valence electrons. The van der Waals surface area contributed by atoms with Crippen molar-refractivity contribution in [3.63, 3.8) is 0 Å². The number of Topliss-reactive ketones (excluding diaryl/α,β-unsaturated/α-hetero) is 1. The molecule has 7 heteroatoms. The van der Waals surface area contributed by atoms with Gasteiger partial charge in [-0.3, -0.25) is 14.5 Å². The number of aliphatic hydroxyl groups excluding tert-OH is 1. The van der Waals surface area contributed by atoms with E-state index in [2.05, 4.69) is 20.8 Å². The predicted molar refractivity (Wildman–Crippen MR) is 139 cm³/mol. The van der Waals surface area contributed by atoms with Crippen LogP contribution >= 0.6 is 23.2 Å². The number of aliphatic hydroxyl groups is 1. The van der Waals surface area contributed by atoms with Crippen LogP contribution in [0.15, 0.2) is 72.3 Å². The van der Waals surface area contributed by atoms with Crippen molar-refractivity contribution in [3.05, 3.63) is 99.0 Å². The van der Waals surface area contributed by atoms with Gasteiger partial charge in [0, 0.05) is 16.8 Å². The quantitative estimate of drug-likeness (QED) is 0.235. The van der Waals surface area contributed by atoms with Crippen LogP contribution in [0.1, 0.15) is 43.5 Å². The van der Waals surface area contributed by atoms with Gasteiger partial charge in [0.05, 0.1) is 28.8 Å². The Morgan fingerprint density at radius 2 is 1.60 bits per heavy atom. The number of ketones is 1. The Labute approximate surface area is 214 Å². The highest BCUT2D eigenvalue weighted by atomic mass is 35.5. The average molecular weight is 510 g/mol. The molecule has 1 atom stereocenters. The largest absolute Gasteiger partial charge is 0.507 e. The number of amides is 1. The van der Waals surface area contributed by atoms with Crippen LogP contribution in [0.2, 0.25) is 10.0 Å². The van der Waals surface area contributed by atoms with E-state index in [1.807, 2.05) is 24.3 Å². The molecule has 35 heavy (non-hydrogen) atoms. The standard InChI is InChI=1S/C28H25Cl2NO4/c1-28(2,3)17-10-12-18(13-11-17)31-24(19-7-5-6-8-22(19)35-4)23(26(33)27(31)34)25(32)16-9-14-20(29)21(30)15-16/h5-15,24,32H,1-4H3/b25-23+. The molecule has 1 aliphatic heterocycles. The van der Waals surface area contributed by atoms with Gasteiger partial charge in [-0.15, -0.1) is 0 Å². The van der Waals surface area contributed by atoms with E-state index in [9.17, 15) is 14.7 Å².